The average Bonchev–Trinajstić information content (AvgIpc) is 3.10. The molecule has 0 radical (unpaired) electrons. The Bertz CT molecular complexity index is 386. The van der Waals surface area contributed by atoms with E-state index in [1.807, 2.05) is 0 Å². The maximum Gasteiger partial charge on any atom is 0.396 e. The molecule has 1 saturated carbocycles. The van der Waals surface area contributed by atoms with Crippen molar-refractivity contribution in [1.29, 1.82) is 0 Å². The SMILES string of the molecule is CN1CCC2CCC(OP3OCC4(CC4)CO3)=CC21. The summed E-state index contributed by atoms with van der Waals surface area (Å²) in [6, 6.07) is 0.568. The number of nitrogens with zero attached hydrogens (tertiary/aromatic N) is 1. The summed E-state index contributed by atoms with van der Waals surface area (Å²) in [6.45, 7) is 2.87. The Morgan fingerprint density at radius 1 is 1.32 bits per heavy atom. The van der Waals surface area contributed by atoms with Gasteiger partial charge in [-0.2, -0.15) is 0 Å². The summed E-state index contributed by atoms with van der Waals surface area (Å²) >= 11 is 0. The van der Waals surface area contributed by atoms with Gasteiger partial charge in [0, 0.05) is 17.9 Å². The Morgan fingerprint density at radius 2 is 2.11 bits per heavy atom. The van der Waals surface area contributed by atoms with Crippen molar-refractivity contribution in [3.05, 3.63) is 11.8 Å². The fraction of sp³-hybridized carbons (Fsp3) is 0.857. The smallest absolute Gasteiger partial charge is 0.396 e. The van der Waals surface area contributed by atoms with E-state index in [1.165, 1.54) is 32.2 Å². The maximum atomic E-state index is 5.96. The number of hydrogen-bond donors (Lipinski definition) is 0. The number of rotatable bonds is 2. The van der Waals surface area contributed by atoms with Crippen molar-refractivity contribution in [2.75, 3.05) is 26.8 Å². The van der Waals surface area contributed by atoms with Gasteiger partial charge in [0.2, 0.25) is 0 Å². The topological polar surface area (TPSA) is 30.9 Å². The van der Waals surface area contributed by atoms with Gasteiger partial charge in [-0.05, 0) is 51.3 Å². The number of likely N-dealkylation sites (tertiary alicyclic amines) is 1. The second-order valence-corrected chi connectivity index (χ2v) is 7.70. The van der Waals surface area contributed by atoms with Crippen LogP contribution in [0.1, 0.15) is 32.1 Å². The van der Waals surface area contributed by atoms with Gasteiger partial charge in [0.1, 0.15) is 5.76 Å². The number of hydrogen-bond acceptors (Lipinski definition) is 4. The molecule has 2 heterocycles. The Morgan fingerprint density at radius 3 is 2.84 bits per heavy atom. The Balaban J connectivity index is 1.36. The van der Waals surface area contributed by atoms with E-state index in [1.54, 1.807) is 0 Å². The van der Waals surface area contributed by atoms with Crippen molar-refractivity contribution in [1.82, 2.24) is 4.90 Å². The van der Waals surface area contributed by atoms with E-state index >= 15 is 0 Å². The van der Waals surface area contributed by atoms with Crippen molar-refractivity contribution in [3.63, 3.8) is 0 Å². The lowest BCUT2D eigenvalue weighted by atomic mass is 9.89. The van der Waals surface area contributed by atoms with Crippen molar-refractivity contribution < 1.29 is 13.6 Å². The predicted octanol–water partition coefficient (Wildman–Crippen LogP) is 3.05. The van der Waals surface area contributed by atoms with Crippen molar-refractivity contribution in [2.45, 2.75) is 38.1 Å². The standard InChI is InChI=1S/C14H22NO3P/c1-15-7-4-11-2-3-12(8-13(11)15)18-19-16-9-14(5-6-14)10-17-19/h8,11,13H,2-7,9-10H2,1H3. The fourth-order valence-corrected chi connectivity index (χ4v) is 4.66. The molecule has 0 bridgehead atoms. The van der Waals surface area contributed by atoms with Crippen LogP contribution in [0.2, 0.25) is 0 Å². The van der Waals surface area contributed by atoms with Gasteiger partial charge in [0.15, 0.2) is 0 Å². The third-order valence-electron chi connectivity index (χ3n) is 5.06. The summed E-state index contributed by atoms with van der Waals surface area (Å²) in [5.74, 6) is 1.92. The number of fused-ring (bicyclic) bond motifs is 1. The number of likely N-dealkylation sites (N-methyl/N-ethyl adjacent to an activating group) is 1. The zero-order valence-electron chi connectivity index (χ0n) is 11.5. The van der Waals surface area contributed by atoms with E-state index < -0.39 is 8.60 Å². The Labute approximate surface area is 116 Å². The van der Waals surface area contributed by atoms with Crippen LogP contribution in [0.25, 0.3) is 0 Å². The molecule has 3 fully saturated rings. The van der Waals surface area contributed by atoms with E-state index in [9.17, 15) is 0 Å². The molecule has 0 aromatic heterocycles. The summed E-state index contributed by atoms with van der Waals surface area (Å²) in [7, 11) is 1.08. The lowest BCUT2D eigenvalue weighted by Gasteiger charge is -2.31. The highest BCUT2D eigenvalue weighted by Gasteiger charge is 2.48. The minimum Gasteiger partial charge on any atom is -0.432 e. The van der Waals surface area contributed by atoms with Crippen LogP contribution in [0.5, 0.6) is 0 Å². The maximum absolute atomic E-state index is 5.96. The molecule has 0 aromatic rings. The molecule has 1 spiro atoms. The first-order valence-corrected chi connectivity index (χ1v) is 8.49. The zero-order chi connectivity index (χ0) is 12.9. The summed E-state index contributed by atoms with van der Waals surface area (Å²) in [6.07, 6.45) is 8.44. The van der Waals surface area contributed by atoms with E-state index in [-0.39, 0.29) is 0 Å². The fourth-order valence-electron chi connectivity index (χ4n) is 3.38. The van der Waals surface area contributed by atoms with Crippen LogP contribution in [-0.4, -0.2) is 37.7 Å². The highest BCUT2D eigenvalue weighted by molar-refractivity contribution is 7.41. The van der Waals surface area contributed by atoms with Gasteiger partial charge in [0.05, 0.1) is 13.2 Å². The predicted molar refractivity (Wildman–Crippen MR) is 73.4 cm³/mol. The second kappa shape index (κ2) is 4.70. The van der Waals surface area contributed by atoms with Crippen molar-refractivity contribution in [2.24, 2.45) is 11.3 Å². The molecule has 0 N–H and O–H groups in total. The molecule has 4 nitrogen and oxygen atoms in total. The molecule has 19 heavy (non-hydrogen) atoms. The number of allylic oxidation sites excluding steroid dienone is 1. The van der Waals surface area contributed by atoms with Crippen LogP contribution in [0.3, 0.4) is 0 Å². The minimum atomic E-state index is -1.13. The summed E-state index contributed by atoms with van der Waals surface area (Å²) in [5.41, 5.74) is 0.361. The van der Waals surface area contributed by atoms with Gasteiger partial charge in [-0.25, -0.2) is 0 Å². The third kappa shape index (κ3) is 2.44. The van der Waals surface area contributed by atoms with Gasteiger partial charge in [-0.3, -0.25) is 4.90 Å². The molecule has 0 amide bonds. The van der Waals surface area contributed by atoms with Crippen molar-refractivity contribution >= 4 is 8.60 Å². The van der Waals surface area contributed by atoms with Crippen LogP contribution in [0.15, 0.2) is 11.8 Å². The van der Waals surface area contributed by atoms with Gasteiger partial charge in [-0.15, -0.1) is 0 Å². The quantitative estimate of drug-likeness (QED) is 0.729. The van der Waals surface area contributed by atoms with Crippen LogP contribution in [0.4, 0.5) is 0 Å². The molecule has 5 heteroatoms. The molecule has 2 unspecified atom stereocenters. The molecular weight excluding hydrogens is 261 g/mol. The molecule has 106 valence electrons. The molecule has 2 aliphatic heterocycles. The summed E-state index contributed by atoms with van der Waals surface area (Å²) < 4.78 is 17.5. The van der Waals surface area contributed by atoms with Gasteiger partial charge in [-0.1, -0.05) is 0 Å². The van der Waals surface area contributed by atoms with E-state index in [4.69, 9.17) is 13.6 Å². The molecule has 4 aliphatic rings. The Hall–Kier alpha value is -0.150. The normalized spacial score (nSPS) is 38.1. The molecule has 0 aromatic carbocycles. The van der Waals surface area contributed by atoms with E-state index in [2.05, 4.69) is 18.0 Å². The largest absolute Gasteiger partial charge is 0.432 e. The first kappa shape index (κ1) is 12.6. The van der Waals surface area contributed by atoms with E-state index in [0.717, 1.165) is 31.3 Å². The average molecular weight is 283 g/mol. The highest BCUT2D eigenvalue weighted by atomic mass is 31.2. The monoisotopic (exact) mass is 283 g/mol. The first-order chi connectivity index (χ1) is 9.24. The second-order valence-electron chi connectivity index (χ2n) is 6.55. The Kier molecular flexibility index (Phi) is 3.11. The van der Waals surface area contributed by atoms with Gasteiger partial charge >= 0.3 is 8.60 Å². The molecule has 2 aliphatic carbocycles. The molecule has 2 atom stereocenters. The molecule has 2 saturated heterocycles. The minimum absolute atomic E-state index is 0.361. The van der Waals surface area contributed by atoms with Crippen LogP contribution >= 0.6 is 8.60 Å². The molecule has 4 rings (SSSR count). The zero-order valence-corrected chi connectivity index (χ0v) is 12.4. The lowest BCUT2D eigenvalue weighted by molar-refractivity contribution is 0.0687. The van der Waals surface area contributed by atoms with E-state index in [0.29, 0.717) is 11.5 Å². The summed E-state index contributed by atoms with van der Waals surface area (Å²) in [5, 5.41) is 0. The van der Waals surface area contributed by atoms with Gasteiger partial charge in [0.25, 0.3) is 0 Å². The van der Waals surface area contributed by atoms with Crippen LogP contribution in [-0.2, 0) is 13.6 Å². The summed E-state index contributed by atoms with van der Waals surface area (Å²) in [4.78, 5) is 2.43. The van der Waals surface area contributed by atoms with Crippen molar-refractivity contribution in [3.8, 4) is 0 Å². The lowest BCUT2D eigenvalue weighted by Crippen LogP contribution is -2.30. The van der Waals surface area contributed by atoms with Gasteiger partial charge < -0.3 is 13.6 Å². The highest BCUT2D eigenvalue weighted by Crippen LogP contribution is 2.57. The first-order valence-electron chi connectivity index (χ1n) is 7.39. The molecular formula is C14H22NO3P. The third-order valence-corrected chi connectivity index (χ3v) is 6.13. The van der Waals surface area contributed by atoms with Crippen LogP contribution in [0, 0.1) is 11.3 Å². The van der Waals surface area contributed by atoms with Crippen LogP contribution < -0.4 is 0 Å².